The van der Waals surface area contributed by atoms with Gasteiger partial charge in [0, 0.05) is 13.2 Å². The van der Waals surface area contributed by atoms with Crippen LogP contribution in [0.4, 0.5) is 0 Å². The summed E-state index contributed by atoms with van der Waals surface area (Å²) in [7, 11) is 0. The van der Waals surface area contributed by atoms with Crippen LogP contribution in [0.15, 0.2) is 0 Å². The summed E-state index contributed by atoms with van der Waals surface area (Å²) < 4.78 is 0. The lowest BCUT2D eigenvalue weighted by atomic mass is 10.1. The van der Waals surface area contributed by atoms with Crippen LogP contribution in [0.25, 0.3) is 0 Å². The molecule has 0 radical (unpaired) electrons. The fourth-order valence-corrected chi connectivity index (χ4v) is 0.539. The molecule has 0 aliphatic carbocycles. The van der Waals surface area contributed by atoms with Crippen LogP contribution in [0.2, 0.25) is 0 Å². The van der Waals surface area contributed by atoms with Gasteiger partial charge in [0.2, 0.25) is 0 Å². The molecule has 0 rings (SSSR count). The Morgan fingerprint density at radius 3 is 2.07 bits per heavy atom. The van der Waals surface area contributed by atoms with E-state index in [1.165, 1.54) is 0 Å². The Balaban J connectivity index is 0. The van der Waals surface area contributed by atoms with Gasteiger partial charge in [0.25, 0.3) is 0 Å². The van der Waals surface area contributed by atoms with Crippen LogP contribution in [0, 0.1) is 0 Å². The number of hydrogen-bond donors (Lipinski definition) is 4. The second-order valence-corrected chi connectivity index (χ2v) is 3.80. The van der Waals surface area contributed by atoms with Gasteiger partial charge >= 0.3 is 0 Å². The fraction of sp³-hybridized carbons (Fsp3) is 1.00. The summed E-state index contributed by atoms with van der Waals surface area (Å²) in [5.74, 6) is 0. The van der Waals surface area contributed by atoms with Crippen molar-refractivity contribution in [2.45, 2.75) is 39.2 Å². The molecule has 4 heteroatoms. The quantitative estimate of drug-likeness (QED) is 0.464. The molecular formula is C10H26N2O2. The maximum absolute atomic E-state index is 8.70. The first-order chi connectivity index (χ1) is 6.47. The third-order valence-corrected chi connectivity index (χ3v) is 1.51. The van der Waals surface area contributed by atoms with Gasteiger partial charge in [-0.05, 0) is 39.8 Å². The summed E-state index contributed by atoms with van der Waals surface area (Å²) in [5.41, 5.74) is 4.38. The first-order valence-corrected chi connectivity index (χ1v) is 5.22. The summed E-state index contributed by atoms with van der Waals surface area (Å²) in [6.45, 7) is 8.15. The van der Waals surface area contributed by atoms with Crippen LogP contribution in [-0.2, 0) is 0 Å². The molecule has 0 amide bonds. The number of rotatable bonds is 6. The van der Waals surface area contributed by atoms with E-state index in [1.54, 1.807) is 13.8 Å². The molecule has 0 aliphatic heterocycles. The van der Waals surface area contributed by atoms with Crippen molar-refractivity contribution in [3.05, 3.63) is 0 Å². The van der Waals surface area contributed by atoms with Crippen LogP contribution in [0.1, 0.15) is 33.6 Å². The zero-order valence-electron chi connectivity index (χ0n) is 9.71. The number of nitrogens with two attached hydrogens (primary N) is 1. The minimum Gasteiger partial charge on any atom is -0.396 e. The molecule has 0 saturated carbocycles. The Morgan fingerprint density at radius 1 is 1.29 bits per heavy atom. The van der Waals surface area contributed by atoms with E-state index in [0.717, 1.165) is 25.9 Å². The topological polar surface area (TPSA) is 78.5 Å². The second-order valence-electron chi connectivity index (χ2n) is 3.80. The predicted octanol–water partition coefficient (Wildman–Crippen LogP) is 0.0844. The van der Waals surface area contributed by atoms with Crippen LogP contribution >= 0.6 is 0 Å². The summed E-state index contributed by atoms with van der Waals surface area (Å²) in [4.78, 5) is 0. The van der Waals surface area contributed by atoms with E-state index in [0.29, 0.717) is 13.2 Å². The Labute approximate surface area is 87.5 Å². The van der Waals surface area contributed by atoms with E-state index < -0.39 is 5.60 Å². The van der Waals surface area contributed by atoms with Crippen LogP contribution in [0.5, 0.6) is 0 Å². The van der Waals surface area contributed by atoms with Gasteiger partial charge in [-0.2, -0.15) is 0 Å². The molecule has 0 bridgehead atoms. The average Bonchev–Trinajstić information content (AvgIpc) is 2.13. The lowest BCUT2D eigenvalue weighted by Crippen LogP contribution is -2.29. The van der Waals surface area contributed by atoms with Gasteiger partial charge in [-0.1, -0.05) is 6.92 Å². The number of nitrogens with one attached hydrogen (secondary N) is 1. The van der Waals surface area contributed by atoms with Gasteiger partial charge in [-0.3, -0.25) is 0 Å². The van der Waals surface area contributed by atoms with Gasteiger partial charge in [0.1, 0.15) is 0 Å². The van der Waals surface area contributed by atoms with Crippen molar-refractivity contribution in [2.24, 2.45) is 5.73 Å². The standard InChI is InChI=1S/C6H15NO.C4H11NO/c1-2-7-5-3-4-6-8;1-4(2,6)3-5/h7-8H,2-6H2,1H3;6H,3,5H2,1-2H3. The summed E-state index contributed by atoms with van der Waals surface area (Å²) in [6.07, 6.45) is 2.01. The molecule has 0 fully saturated rings. The first-order valence-electron chi connectivity index (χ1n) is 5.22. The van der Waals surface area contributed by atoms with Crippen molar-refractivity contribution in [3.8, 4) is 0 Å². The highest BCUT2D eigenvalue weighted by Crippen LogP contribution is 1.93. The highest BCUT2D eigenvalue weighted by Gasteiger charge is 2.06. The molecule has 14 heavy (non-hydrogen) atoms. The van der Waals surface area contributed by atoms with Crippen molar-refractivity contribution in [1.29, 1.82) is 0 Å². The molecule has 88 valence electrons. The monoisotopic (exact) mass is 206 g/mol. The van der Waals surface area contributed by atoms with Crippen LogP contribution < -0.4 is 11.1 Å². The third kappa shape index (κ3) is 22.6. The first kappa shape index (κ1) is 16.3. The number of unbranched alkanes of at least 4 members (excludes halogenated alkanes) is 1. The second kappa shape index (κ2) is 10.9. The molecule has 0 aromatic heterocycles. The van der Waals surface area contributed by atoms with E-state index in [1.807, 2.05) is 0 Å². The molecule has 0 atom stereocenters. The third-order valence-electron chi connectivity index (χ3n) is 1.51. The van der Waals surface area contributed by atoms with Gasteiger partial charge in [0.05, 0.1) is 5.60 Å². The molecular weight excluding hydrogens is 180 g/mol. The minimum atomic E-state index is -0.681. The van der Waals surface area contributed by atoms with Gasteiger partial charge in [-0.25, -0.2) is 0 Å². The Hall–Kier alpha value is -0.160. The molecule has 0 spiro atoms. The normalized spacial score (nSPS) is 10.7. The molecule has 0 aliphatic rings. The molecule has 0 unspecified atom stereocenters. The summed E-state index contributed by atoms with van der Waals surface area (Å²) in [5, 5.41) is 20.2. The van der Waals surface area contributed by atoms with Crippen molar-refractivity contribution < 1.29 is 10.2 Å². The van der Waals surface area contributed by atoms with Crippen molar-refractivity contribution in [2.75, 3.05) is 26.2 Å². The fourth-order valence-electron chi connectivity index (χ4n) is 0.539. The molecule has 0 saturated heterocycles. The van der Waals surface area contributed by atoms with E-state index in [4.69, 9.17) is 15.9 Å². The molecule has 0 heterocycles. The maximum atomic E-state index is 8.70. The Morgan fingerprint density at radius 2 is 1.79 bits per heavy atom. The number of aliphatic hydroxyl groups excluding tert-OH is 1. The Bertz CT molecular complexity index is 96.8. The van der Waals surface area contributed by atoms with Gasteiger partial charge in [0.15, 0.2) is 0 Å². The number of hydrogen-bond acceptors (Lipinski definition) is 4. The molecule has 0 aromatic carbocycles. The molecule has 0 aromatic rings. The van der Waals surface area contributed by atoms with Crippen LogP contribution in [-0.4, -0.2) is 42.1 Å². The Kier molecular flexibility index (Phi) is 12.7. The zero-order chi connectivity index (χ0) is 11.4. The zero-order valence-corrected chi connectivity index (χ0v) is 9.71. The lowest BCUT2D eigenvalue weighted by molar-refractivity contribution is 0.0898. The van der Waals surface area contributed by atoms with E-state index in [9.17, 15) is 0 Å². The van der Waals surface area contributed by atoms with Gasteiger partial charge < -0.3 is 21.3 Å². The average molecular weight is 206 g/mol. The summed E-state index contributed by atoms with van der Waals surface area (Å²) in [6, 6.07) is 0. The minimum absolute atomic E-state index is 0.325. The predicted molar refractivity (Wildman–Crippen MR) is 60.2 cm³/mol. The lowest BCUT2D eigenvalue weighted by Gasteiger charge is -2.11. The van der Waals surface area contributed by atoms with Crippen molar-refractivity contribution in [1.82, 2.24) is 5.32 Å². The van der Waals surface area contributed by atoms with E-state index in [-0.39, 0.29) is 0 Å². The van der Waals surface area contributed by atoms with E-state index in [2.05, 4.69) is 12.2 Å². The van der Waals surface area contributed by atoms with Crippen molar-refractivity contribution >= 4 is 0 Å². The SMILES string of the molecule is CC(C)(O)CN.CCNCCCCO. The highest BCUT2D eigenvalue weighted by atomic mass is 16.3. The van der Waals surface area contributed by atoms with E-state index >= 15 is 0 Å². The largest absolute Gasteiger partial charge is 0.396 e. The summed E-state index contributed by atoms with van der Waals surface area (Å²) >= 11 is 0. The number of aliphatic hydroxyl groups is 2. The van der Waals surface area contributed by atoms with Crippen molar-refractivity contribution in [3.63, 3.8) is 0 Å². The van der Waals surface area contributed by atoms with Crippen LogP contribution in [0.3, 0.4) is 0 Å². The smallest absolute Gasteiger partial charge is 0.0713 e. The van der Waals surface area contributed by atoms with Gasteiger partial charge in [-0.15, -0.1) is 0 Å². The molecule has 5 N–H and O–H groups in total. The molecule has 4 nitrogen and oxygen atoms in total. The highest BCUT2D eigenvalue weighted by molar-refractivity contribution is 4.63. The maximum Gasteiger partial charge on any atom is 0.0713 e.